The van der Waals surface area contributed by atoms with E-state index in [-0.39, 0.29) is 17.2 Å². The number of H-pyrrole nitrogens is 1. The SMILES string of the molecule is CC1(C)CNCCN1C(=O)c1cc(-c2ccc(O)cc2)nc2[nH]ncc12. The minimum absolute atomic E-state index is 0.0228. The minimum Gasteiger partial charge on any atom is -0.508 e. The Bertz CT molecular complexity index is 962. The van der Waals surface area contributed by atoms with Crippen molar-refractivity contribution in [2.75, 3.05) is 19.6 Å². The third-order valence-electron chi connectivity index (χ3n) is 4.86. The van der Waals surface area contributed by atoms with Crippen LogP contribution in [0.2, 0.25) is 0 Å². The Hall–Kier alpha value is -2.93. The lowest BCUT2D eigenvalue weighted by atomic mass is 9.97. The number of hydrogen-bond acceptors (Lipinski definition) is 5. The number of hydrogen-bond donors (Lipinski definition) is 3. The van der Waals surface area contributed by atoms with Crippen molar-refractivity contribution in [2.24, 2.45) is 0 Å². The number of fused-ring (bicyclic) bond motifs is 1. The molecule has 0 bridgehead atoms. The van der Waals surface area contributed by atoms with Crippen LogP contribution in [0.5, 0.6) is 5.75 Å². The number of aromatic nitrogens is 3. The molecule has 0 unspecified atom stereocenters. The molecule has 7 nitrogen and oxygen atoms in total. The largest absolute Gasteiger partial charge is 0.508 e. The van der Waals surface area contributed by atoms with E-state index in [0.29, 0.717) is 28.8 Å². The summed E-state index contributed by atoms with van der Waals surface area (Å²) in [6, 6.07) is 8.58. The fraction of sp³-hybridized carbons (Fsp3) is 0.316. The second-order valence-electron chi connectivity index (χ2n) is 7.18. The Balaban J connectivity index is 1.82. The normalized spacial score (nSPS) is 16.8. The maximum Gasteiger partial charge on any atom is 0.255 e. The number of pyridine rings is 1. The number of benzene rings is 1. The second-order valence-corrected chi connectivity index (χ2v) is 7.18. The summed E-state index contributed by atoms with van der Waals surface area (Å²) >= 11 is 0. The summed E-state index contributed by atoms with van der Waals surface area (Å²) in [5.74, 6) is 0.167. The van der Waals surface area contributed by atoms with Crippen molar-refractivity contribution >= 4 is 16.9 Å². The van der Waals surface area contributed by atoms with Crippen LogP contribution >= 0.6 is 0 Å². The van der Waals surface area contributed by atoms with Crippen LogP contribution in [0.1, 0.15) is 24.2 Å². The van der Waals surface area contributed by atoms with Gasteiger partial charge in [-0.3, -0.25) is 9.89 Å². The van der Waals surface area contributed by atoms with Gasteiger partial charge >= 0.3 is 0 Å². The summed E-state index contributed by atoms with van der Waals surface area (Å²) in [6.45, 7) is 6.31. The molecule has 1 aromatic carbocycles. The van der Waals surface area contributed by atoms with Crippen molar-refractivity contribution < 1.29 is 9.90 Å². The summed E-state index contributed by atoms with van der Waals surface area (Å²) in [5, 5.41) is 20.5. The van der Waals surface area contributed by atoms with E-state index in [1.807, 2.05) is 11.0 Å². The predicted molar refractivity (Wildman–Crippen MR) is 99.0 cm³/mol. The van der Waals surface area contributed by atoms with Gasteiger partial charge in [0.15, 0.2) is 5.65 Å². The monoisotopic (exact) mass is 351 g/mol. The van der Waals surface area contributed by atoms with Crippen LogP contribution in [-0.4, -0.2) is 56.3 Å². The molecule has 2 aromatic heterocycles. The van der Waals surface area contributed by atoms with E-state index >= 15 is 0 Å². The van der Waals surface area contributed by atoms with E-state index in [1.165, 1.54) is 0 Å². The average Bonchev–Trinajstić information content (AvgIpc) is 3.09. The van der Waals surface area contributed by atoms with Crippen molar-refractivity contribution in [1.29, 1.82) is 0 Å². The van der Waals surface area contributed by atoms with Crippen LogP contribution < -0.4 is 5.32 Å². The molecule has 1 fully saturated rings. The Labute approximate surface area is 151 Å². The van der Waals surface area contributed by atoms with Gasteiger partial charge in [0.2, 0.25) is 0 Å². The number of rotatable bonds is 2. The zero-order valence-electron chi connectivity index (χ0n) is 14.8. The van der Waals surface area contributed by atoms with E-state index in [2.05, 4.69) is 34.3 Å². The number of amides is 1. The maximum atomic E-state index is 13.4. The molecule has 4 rings (SSSR count). The van der Waals surface area contributed by atoms with E-state index in [4.69, 9.17) is 0 Å². The molecule has 3 aromatic rings. The summed E-state index contributed by atoms with van der Waals surface area (Å²) in [4.78, 5) is 19.8. The number of nitrogens with zero attached hydrogens (tertiary/aromatic N) is 3. The second kappa shape index (κ2) is 6.10. The standard InChI is InChI=1S/C19H21N5O2/c1-19(2)11-20-7-8-24(19)18(26)14-9-16(12-3-5-13(25)6-4-12)22-17-15(14)10-21-23-17/h3-6,9-10,20,25H,7-8,11H2,1-2H3,(H,21,22,23). The number of carbonyl (C=O) groups is 1. The lowest BCUT2D eigenvalue weighted by Crippen LogP contribution is -2.59. The molecular formula is C19H21N5O2. The molecule has 1 saturated heterocycles. The summed E-state index contributed by atoms with van der Waals surface area (Å²) in [7, 11) is 0. The third kappa shape index (κ3) is 2.80. The van der Waals surface area contributed by atoms with E-state index < -0.39 is 0 Å². The van der Waals surface area contributed by atoms with Gasteiger partial charge in [0.25, 0.3) is 5.91 Å². The topological polar surface area (TPSA) is 94.1 Å². The van der Waals surface area contributed by atoms with Crippen molar-refractivity contribution in [3.05, 3.63) is 42.1 Å². The first kappa shape index (κ1) is 16.5. The first-order valence-electron chi connectivity index (χ1n) is 8.62. The zero-order chi connectivity index (χ0) is 18.3. The van der Waals surface area contributed by atoms with Gasteiger partial charge < -0.3 is 15.3 Å². The number of aromatic amines is 1. The van der Waals surface area contributed by atoms with Crippen LogP contribution in [-0.2, 0) is 0 Å². The number of piperazine rings is 1. The molecule has 0 saturated carbocycles. The predicted octanol–water partition coefficient (Wildman–Crippen LogP) is 2.15. The van der Waals surface area contributed by atoms with Crippen LogP contribution in [0, 0.1) is 0 Å². The van der Waals surface area contributed by atoms with Crippen molar-refractivity contribution in [3.63, 3.8) is 0 Å². The molecule has 1 amide bonds. The van der Waals surface area contributed by atoms with Gasteiger partial charge in [-0.15, -0.1) is 0 Å². The number of carbonyl (C=O) groups excluding carboxylic acids is 1. The average molecular weight is 351 g/mol. The fourth-order valence-electron chi connectivity index (χ4n) is 3.39. The smallest absolute Gasteiger partial charge is 0.255 e. The number of aromatic hydroxyl groups is 1. The van der Waals surface area contributed by atoms with Crippen LogP contribution in [0.25, 0.3) is 22.3 Å². The molecule has 1 aliphatic heterocycles. The van der Waals surface area contributed by atoms with Gasteiger partial charge in [0.1, 0.15) is 5.75 Å². The molecule has 0 spiro atoms. The first-order valence-corrected chi connectivity index (χ1v) is 8.62. The van der Waals surface area contributed by atoms with E-state index in [1.54, 1.807) is 30.5 Å². The summed E-state index contributed by atoms with van der Waals surface area (Å²) in [6.07, 6.45) is 1.64. The van der Waals surface area contributed by atoms with Crippen LogP contribution in [0.3, 0.4) is 0 Å². The highest BCUT2D eigenvalue weighted by molar-refractivity contribution is 6.06. The Morgan fingerprint density at radius 2 is 2.04 bits per heavy atom. The van der Waals surface area contributed by atoms with Crippen molar-refractivity contribution in [3.8, 4) is 17.0 Å². The minimum atomic E-state index is -0.270. The lowest BCUT2D eigenvalue weighted by Gasteiger charge is -2.43. The van der Waals surface area contributed by atoms with Crippen LogP contribution in [0.15, 0.2) is 36.5 Å². The Morgan fingerprint density at radius 1 is 1.27 bits per heavy atom. The number of phenols is 1. The summed E-state index contributed by atoms with van der Waals surface area (Å²) < 4.78 is 0. The van der Waals surface area contributed by atoms with Crippen molar-refractivity contribution in [2.45, 2.75) is 19.4 Å². The first-order chi connectivity index (χ1) is 12.5. The molecule has 0 atom stereocenters. The van der Waals surface area contributed by atoms with Gasteiger partial charge in [-0.25, -0.2) is 4.98 Å². The Morgan fingerprint density at radius 3 is 2.77 bits per heavy atom. The maximum absolute atomic E-state index is 13.4. The van der Waals surface area contributed by atoms with Gasteiger partial charge in [-0.1, -0.05) is 0 Å². The molecule has 1 aliphatic rings. The molecule has 3 N–H and O–H groups in total. The van der Waals surface area contributed by atoms with Crippen LogP contribution in [0.4, 0.5) is 0 Å². The molecular weight excluding hydrogens is 330 g/mol. The highest BCUT2D eigenvalue weighted by atomic mass is 16.3. The fourth-order valence-corrected chi connectivity index (χ4v) is 3.39. The molecule has 134 valence electrons. The molecule has 7 heteroatoms. The van der Waals surface area contributed by atoms with Gasteiger partial charge in [-0.2, -0.15) is 5.10 Å². The molecule has 26 heavy (non-hydrogen) atoms. The molecule has 0 radical (unpaired) electrons. The summed E-state index contributed by atoms with van der Waals surface area (Å²) in [5.41, 5.74) is 2.38. The quantitative estimate of drug-likeness (QED) is 0.658. The van der Waals surface area contributed by atoms with Crippen molar-refractivity contribution in [1.82, 2.24) is 25.4 Å². The number of nitrogens with one attached hydrogen (secondary N) is 2. The highest BCUT2D eigenvalue weighted by Crippen LogP contribution is 2.28. The third-order valence-corrected chi connectivity index (χ3v) is 4.86. The van der Waals surface area contributed by atoms with Gasteiger partial charge in [0, 0.05) is 25.2 Å². The van der Waals surface area contributed by atoms with E-state index in [0.717, 1.165) is 18.7 Å². The molecule has 3 heterocycles. The van der Waals surface area contributed by atoms with Gasteiger partial charge in [0.05, 0.1) is 28.4 Å². The highest BCUT2D eigenvalue weighted by Gasteiger charge is 2.34. The van der Waals surface area contributed by atoms with Gasteiger partial charge in [-0.05, 0) is 44.2 Å². The lowest BCUT2D eigenvalue weighted by molar-refractivity contribution is 0.0479. The Kier molecular flexibility index (Phi) is 3.88. The zero-order valence-corrected chi connectivity index (χ0v) is 14.8. The number of phenolic OH excluding ortho intramolecular Hbond substituents is 1. The molecule has 0 aliphatic carbocycles. The van der Waals surface area contributed by atoms with E-state index in [9.17, 15) is 9.90 Å².